The van der Waals surface area contributed by atoms with Gasteiger partial charge in [-0.05, 0) is 0 Å². The van der Waals surface area contributed by atoms with Crippen LogP contribution < -0.4 is 5.11 Å². The molecule has 1 unspecified atom stereocenters. The monoisotopic (exact) mass is 179 g/mol. The molecule has 0 aliphatic carbocycles. The Kier molecular flexibility index (Phi) is 11.1. The number of hydrogen-bond acceptors (Lipinski definition) is 6. The van der Waals surface area contributed by atoms with Gasteiger partial charge >= 0.3 is 0 Å². The predicted octanol–water partition coefficient (Wildman–Crippen LogP) is -2.72. The molecule has 0 saturated carbocycles. The van der Waals surface area contributed by atoms with Gasteiger partial charge < -0.3 is 30.3 Å². The van der Waals surface area contributed by atoms with Crippen LogP contribution in [0.15, 0.2) is 12.0 Å². The second-order valence-corrected chi connectivity index (χ2v) is 1.65. The smallest absolute Gasteiger partial charge is 0.150 e. The molecule has 0 spiro atoms. The molecular formula is C6H11O6-. The highest BCUT2D eigenvalue weighted by molar-refractivity contribution is 5.55. The van der Waals surface area contributed by atoms with Gasteiger partial charge in [0.2, 0.25) is 0 Å². The molecule has 0 aliphatic rings. The Bertz CT molecular complexity index is 132. The van der Waals surface area contributed by atoms with Gasteiger partial charge in [-0.2, -0.15) is 0 Å². The molecule has 0 radical (unpaired) electrons. The molecule has 6 nitrogen and oxygen atoms in total. The molecule has 1 atom stereocenters. The maximum Gasteiger partial charge on any atom is 0.150 e. The van der Waals surface area contributed by atoms with Crippen LogP contribution in [0.5, 0.6) is 0 Å². The zero-order valence-corrected chi connectivity index (χ0v) is 6.25. The summed E-state index contributed by atoms with van der Waals surface area (Å²) in [5.74, 6) is -0.532. The average molecular weight is 179 g/mol. The first-order chi connectivity index (χ1) is 5.62. The largest absolute Gasteiger partial charge is 0.876 e. The van der Waals surface area contributed by atoms with Crippen molar-refractivity contribution in [1.29, 1.82) is 0 Å². The van der Waals surface area contributed by atoms with Gasteiger partial charge in [0.1, 0.15) is 11.9 Å². The van der Waals surface area contributed by atoms with Gasteiger partial charge in [-0.15, -0.1) is 6.26 Å². The molecular weight excluding hydrogens is 168 g/mol. The Morgan fingerprint density at radius 2 is 2.00 bits per heavy atom. The van der Waals surface area contributed by atoms with Gasteiger partial charge in [0.25, 0.3) is 0 Å². The van der Waals surface area contributed by atoms with Crippen molar-refractivity contribution in [3.05, 3.63) is 12.0 Å². The minimum absolute atomic E-state index is 0.194. The van der Waals surface area contributed by atoms with Crippen LogP contribution in [-0.2, 0) is 4.79 Å². The fraction of sp³-hybridized carbons (Fsp3) is 0.500. The highest BCUT2D eigenvalue weighted by Crippen LogP contribution is 1.74. The molecule has 0 bridgehead atoms. The molecule has 0 rings (SSSR count). The van der Waals surface area contributed by atoms with E-state index in [1.165, 1.54) is 0 Å². The lowest BCUT2D eigenvalue weighted by molar-refractivity contribution is -0.279. The van der Waals surface area contributed by atoms with Crippen molar-refractivity contribution in [2.75, 3.05) is 13.2 Å². The van der Waals surface area contributed by atoms with Gasteiger partial charge in [0.15, 0.2) is 6.29 Å². The zero-order chi connectivity index (χ0) is 9.98. The third-order valence-electron chi connectivity index (χ3n) is 0.642. The predicted molar refractivity (Wildman–Crippen MR) is 37.0 cm³/mol. The van der Waals surface area contributed by atoms with Crippen molar-refractivity contribution >= 4 is 6.29 Å². The Balaban J connectivity index is 0. The van der Waals surface area contributed by atoms with E-state index in [2.05, 4.69) is 0 Å². The van der Waals surface area contributed by atoms with Crippen LogP contribution in [0.3, 0.4) is 0 Å². The van der Waals surface area contributed by atoms with Crippen LogP contribution in [-0.4, -0.2) is 46.0 Å². The van der Waals surface area contributed by atoms with Gasteiger partial charge in [-0.1, -0.05) is 0 Å². The summed E-state index contributed by atoms with van der Waals surface area (Å²) in [4.78, 5) is 9.33. The number of aliphatic hydroxyl groups is 4. The summed E-state index contributed by atoms with van der Waals surface area (Å²) in [6.45, 7) is -1.05. The highest BCUT2D eigenvalue weighted by Gasteiger charge is 1.92. The van der Waals surface area contributed by atoms with Crippen molar-refractivity contribution in [2.24, 2.45) is 0 Å². The summed E-state index contributed by atoms with van der Waals surface area (Å²) in [5, 5.41) is 41.0. The van der Waals surface area contributed by atoms with Crippen molar-refractivity contribution < 1.29 is 30.3 Å². The first-order valence-corrected chi connectivity index (χ1v) is 2.97. The standard InChI is InChI=1S/2C3H6O3/c2*4-1-3(6)2-5/h1,4-6H,2H2;1,3,5-6H,2H2/p-1/b3-1+;. The van der Waals surface area contributed by atoms with E-state index in [-0.39, 0.29) is 12.5 Å². The molecule has 0 heterocycles. The molecule has 0 saturated heterocycles. The van der Waals surface area contributed by atoms with E-state index in [9.17, 15) is 9.90 Å². The molecule has 6 heteroatoms. The van der Waals surface area contributed by atoms with E-state index >= 15 is 0 Å². The summed E-state index contributed by atoms with van der Waals surface area (Å²) in [7, 11) is 0. The number of aliphatic hydroxyl groups excluding tert-OH is 4. The van der Waals surface area contributed by atoms with E-state index in [4.69, 9.17) is 20.4 Å². The number of hydrogen-bond donors (Lipinski definition) is 4. The SMILES string of the molecule is O=CC(O)CO.[O-]/C=C(/O)CO. The molecule has 12 heavy (non-hydrogen) atoms. The maximum absolute atomic E-state index is 9.33. The topological polar surface area (TPSA) is 121 Å². The van der Waals surface area contributed by atoms with Crippen LogP contribution in [0.4, 0.5) is 0 Å². The fourth-order valence-corrected chi connectivity index (χ4v) is 0.0803. The summed E-state index contributed by atoms with van der Waals surface area (Å²) in [6.07, 6.45) is -0.718. The number of carbonyl (C=O) groups excluding carboxylic acids is 1. The number of aldehydes is 1. The third-order valence-corrected chi connectivity index (χ3v) is 0.642. The summed E-state index contributed by atoms with van der Waals surface area (Å²) >= 11 is 0. The van der Waals surface area contributed by atoms with Crippen molar-refractivity contribution in [3.8, 4) is 0 Å². The Hall–Kier alpha value is -1.11. The third kappa shape index (κ3) is 11.7. The minimum Gasteiger partial charge on any atom is -0.876 e. The van der Waals surface area contributed by atoms with E-state index in [0.29, 0.717) is 0 Å². The Labute approximate surface area is 69.0 Å². The second kappa shape index (κ2) is 9.89. The number of carbonyl (C=O) groups is 1. The molecule has 4 N–H and O–H groups in total. The van der Waals surface area contributed by atoms with E-state index in [1.807, 2.05) is 0 Å². The van der Waals surface area contributed by atoms with Crippen LogP contribution in [0, 0.1) is 0 Å². The van der Waals surface area contributed by atoms with Crippen molar-refractivity contribution in [3.63, 3.8) is 0 Å². The zero-order valence-electron chi connectivity index (χ0n) is 6.25. The van der Waals surface area contributed by atoms with Crippen molar-refractivity contribution in [2.45, 2.75) is 6.10 Å². The first-order valence-electron chi connectivity index (χ1n) is 2.97. The van der Waals surface area contributed by atoms with Crippen LogP contribution in [0.2, 0.25) is 0 Å². The Morgan fingerprint density at radius 1 is 1.50 bits per heavy atom. The average Bonchev–Trinajstić information content (AvgIpc) is 2.16. The molecule has 0 aromatic heterocycles. The lowest BCUT2D eigenvalue weighted by atomic mass is 10.4. The van der Waals surface area contributed by atoms with Gasteiger partial charge in [-0.3, -0.25) is 0 Å². The van der Waals surface area contributed by atoms with Crippen LogP contribution >= 0.6 is 0 Å². The summed E-state index contributed by atoms with van der Waals surface area (Å²) in [6, 6.07) is 0. The van der Waals surface area contributed by atoms with Gasteiger partial charge in [0.05, 0.1) is 13.2 Å². The molecule has 0 aromatic carbocycles. The highest BCUT2D eigenvalue weighted by atomic mass is 16.3. The molecule has 0 fully saturated rings. The molecule has 0 aliphatic heterocycles. The second-order valence-electron chi connectivity index (χ2n) is 1.65. The van der Waals surface area contributed by atoms with Crippen LogP contribution in [0.25, 0.3) is 0 Å². The van der Waals surface area contributed by atoms with Gasteiger partial charge in [-0.25, -0.2) is 0 Å². The van der Waals surface area contributed by atoms with Crippen LogP contribution in [0.1, 0.15) is 0 Å². The molecule has 72 valence electrons. The lowest BCUT2D eigenvalue weighted by Crippen LogP contribution is -2.12. The van der Waals surface area contributed by atoms with E-state index in [0.717, 1.165) is 0 Å². The quantitative estimate of drug-likeness (QED) is 0.276. The maximum atomic E-state index is 9.33. The normalized spacial score (nSPS) is 12.8. The summed E-state index contributed by atoms with van der Waals surface area (Å²) in [5.41, 5.74) is 0. The van der Waals surface area contributed by atoms with Crippen molar-refractivity contribution in [1.82, 2.24) is 0 Å². The fourth-order valence-electron chi connectivity index (χ4n) is 0.0803. The lowest BCUT2D eigenvalue weighted by Gasteiger charge is -1.92. The summed E-state index contributed by atoms with van der Waals surface area (Å²) < 4.78 is 0. The first kappa shape index (κ1) is 13.5. The van der Waals surface area contributed by atoms with E-state index in [1.54, 1.807) is 0 Å². The molecule has 0 aromatic rings. The Morgan fingerprint density at radius 3 is 2.00 bits per heavy atom. The van der Waals surface area contributed by atoms with E-state index < -0.39 is 25.1 Å². The minimum atomic E-state index is -1.19. The molecule has 0 amide bonds. The number of rotatable bonds is 3. The van der Waals surface area contributed by atoms with Gasteiger partial charge in [0, 0.05) is 0 Å².